The van der Waals surface area contributed by atoms with Crippen molar-refractivity contribution in [3.63, 3.8) is 0 Å². The fourth-order valence-corrected chi connectivity index (χ4v) is 5.20. The SMILES string of the molecule is Cc1ccc2c(oc3cc(F)ccc32)c1-c1c2scc(C(C)C)c2nc[n+]1C. The zero-order valence-corrected chi connectivity index (χ0v) is 17.0. The minimum atomic E-state index is -0.290. The predicted molar refractivity (Wildman–Crippen MR) is 112 cm³/mol. The summed E-state index contributed by atoms with van der Waals surface area (Å²) in [6, 6.07) is 8.90. The lowest BCUT2D eigenvalue weighted by Gasteiger charge is -2.08. The molecule has 2 aromatic carbocycles. The second kappa shape index (κ2) is 6.11. The summed E-state index contributed by atoms with van der Waals surface area (Å²) in [7, 11) is 2.01. The predicted octanol–water partition coefficient (Wildman–Crippen LogP) is 6.26. The maximum atomic E-state index is 13.7. The van der Waals surface area contributed by atoms with Crippen LogP contribution in [0, 0.1) is 12.7 Å². The molecule has 5 rings (SSSR count). The zero-order chi connectivity index (χ0) is 19.6. The van der Waals surface area contributed by atoms with Crippen LogP contribution in [0.3, 0.4) is 0 Å². The highest BCUT2D eigenvalue weighted by Gasteiger charge is 2.25. The van der Waals surface area contributed by atoms with Crippen molar-refractivity contribution in [2.24, 2.45) is 7.05 Å². The Morgan fingerprint density at radius 3 is 2.71 bits per heavy atom. The Balaban J connectivity index is 1.93. The van der Waals surface area contributed by atoms with Crippen molar-refractivity contribution in [3.05, 3.63) is 59.0 Å². The first-order valence-electron chi connectivity index (χ1n) is 9.33. The molecule has 0 saturated heterocycles. The van der Waals surface area contributed by atoms with Crippen LogP contribution in [0.5, 0.6) is 0 Å². The Morgan fingerprint density at radius 2 is 1.93 bits per heavy atom. The molecule has 3 aromatic heterocycles. The summed E-state index contributed by atoms with van der Waals surface area (Å²) >= 11 is 1.72. The van der Waals surface area contributed by atoms with Crippen molar-refractivity contribution in [2.45, 2.75) is 26.7 Å². The molecular weight excluding hydrogens is 371 g/mol. The molecule has 0 bridgehead atoms. The maximum Gasteiger partial charge on any atom is 0.287 e. The average molecular weight is 391 g/mol. The molecule has 0 amide bonds. The minimum absolute atomic E-state index is 0.290. The van der Waals surface area contributed by atoms with Gasteiger partial charge in [0.25, 0.3) is 6.33 Å². The monoisotopic (exact) mass is 391 g/mol. The van der Waals surface area contributed by atoms with Gasteiger partial charge in [-0.25, -0.2) is 8.96 Å². The normalized spacial score (nSPS) is 12.1. The number of thiophene rings is 1. The van der Waals surface area contributed by atoms with Crippen LogP contribution in [0.25, 0.3) is 43.4 Å². The Hall–Kier alpha value is -2.79. The zero-order valence-electron chi connectivity index (χ0n) is 16.2. The lowest BCUT2D eigenvalue weighted by molar-refractivity contribution is -0.662. The summed E-state index contributed by atoms with van der Waals surface area (Å²) in [6.07, 6.45) is 1.87. The summed E-state index contributed by atoms with van der Waals surface area (Å²) in [5.74, 6) is 0.120. The van der Waals surface area contributed by atoms with Crippen LogP contribution in [0.4, 0.5) is 4.39 Å². The molecule has 0 radical (unpaired) electrons. The highest BCUT2D eigenvalue weighted by Crippen LogP contribution is 2.41. The van der Waals surface area contributed by atoms with Crippen LogP contribution in [0.2, 0.25) is 0 Å². The topological polar surface area (TPSA) is 29.9 Å². The van der Waals surface area contributed by atoms with Crippen molar-refractivity contribution in [3.8, 4) is 11.3 Å². The first kappa shape index (κ1) is 17.3. The second-order valence-corrected chi connectivity index (χ2v) is 8.48. The molecule has 5 heteroatoms. The third kappa shape index (κ3) is 2.39. The minimum Gasteiger partial charge on any atom is -0.455 e. The van der Waals surface area contributed by atoms with E-state index < -0.39 is 0 Å². The quantitative estimate of drug-likeness (QED) is 0.333. The Morgan fingerprint density at radius 1 is 1.14 bits per heavy atom. The molecule has 0 saturated carbocycles. The molecule has 3 nitrogen and oxygen atoms in total. The third-order valence-corrected chi connectivity index (χ3v) is 6.38. The number of fused-ring (bicyclic) bond motifs is 4. The van der Waals surface area contributed by atoms with E-state index >= 15 is 0 Å². The summed E-state index contributed by atoms with van der Waals surface area (Å²) in [5.41, 5.74) is 6.93. The molecule has 0 fully saturated rings. The van der Waals surface area contributed by atoms with E-state index in [1.54, 1.807) is 17.4 Å². The largest absolute Gasteiger partial charge is 0.455 e. The standard InChI is InChI=1S/C23H20FN2OS/c1-12(2)17-10-28-23-20(17)25-11-26(4)21(23)19-13(3)5-7-16-15-8-6-14(24)9-18(15)27-22(16)19/h5-12H,1-4H3/q+1. The maximum absolute atomic E-state index is 13.7. The van der Waals surface area contributed by atoms with E-state index in [1.165, 1.54) is 17.7 Å². The Labute approximate surface area is 166 Å². The van der Waals surface area contributed by atoms with E-state index in [0.29, 0.717) is 11.5 Å². The number of aromatic nitrogens is 2. The summed E-state index contributed by atoms with van der Waals surface area (Å²) in [4.78, 5) is 4.71. The summed E-state index contributed by atoms with van der Waals surface area (Å²) in [5, 5.41) is 4.14. The number of rotatable bonds is 2. The van der Waals surface area contributed by atoms with Gasteiger partial charge in [-0.05, 0) is 40.9 Å². The molecule has 3 heterocycles. The molecule has 140 valence electrons. The lowest BCUT2D eigenvalue weighted by atomic mass is 9.99. The number of halogens is 1. The third-order valence-electron chi connectivity index (χ3n) is 5.39. The molecule has 0 aliphatic heterocycles. The molecule has 0 atom stereocenters. The molecule has 0 spiro atoms. The van der Waals surface area contributed by atoms with Crippen molar-refractivity contribution in [2.75, 3.05) is 0 Å². The molecule has 0 unspecified atom stereocenters. The van der Waals surface area contributed by atoms with Gasteiger partial charge in [0.15, 0.2) is 5.69 Å². The Kier molecular flexibility index (Phi) is 3.78. The van der Waals surface area contributed by atoms with Crippen LogP contribution < -0.4 is 4.57 Å². The summed E-state index contributed by atoms with van der Waals surface area (Å²) in [6.45, 7) is 6.47. The first-order chi connectivity index (χ1) is 13.5. The fraction of sp³-hybridized carbons (Fsp3) is 0.217. The Bertz CT molecular complexity index is 1380. The second-order valence-electron chi connectivity index (χ2n) is 7.60. The number of hydrogen-bond donors (Lipinski definition) is 0. The van der Waals surface area contributed by atoms with Gasteiger partial charge in [0, 0.05) is 22.4 Å². The van der Waals surface area contributed by atoms with Crippen LogP contribution >= 0.6 is 11.3 Å². The van der Waals surface area contributed by atoms with E-state index in [-0.39, 0.29) is 5.82 Å². The highest BCUT2D eigenvalue weighted by atomic mass is 32.1. The van der Waals surface area contributed by atoms with Gasteiger partial charge in [-0.15, -0.1) is 11.3 Å². The van der Waals surface area contributed by atoms with E-state index in [2.05, 4.69) is 42.9 Å². The van der Waals surface area contributed by atoms with Gasteiger partial charge in [-0.2, -0.15) is 0 Å². The van der Waals surface area contributed by atoms with Crippen LogP contribution in [-0.4, -0.2) is 4.98 Å². The van der Waals surface area contributed by atoms with Crippen molar-refractivity contribution < 1.29 is 13.4 Å². The van der Waals surface area contributed by atoms with E-state index in [0.717, 1.165) is 43.4 Å². The fourth-order valence-electron chi connectivity index (χ4n) is 3.93. The van der Waals surface area contributed by atoms with Crippen molar-refractivity contribution in [1.29, 1.82) is 0 Å². The number of furan rings is 1. The van der Waals surface area contributed by atoms with Crippen molar-refractivity contribution in [1.82, 2.24) is 4.98 Å². The number of hydrogen-bond acceptors (Lipinski definition) is 3. The number of nitrogens with zero attached hydrogens (tertiary/aromatic N) is 2. The molecular formula is C23H20FN2OS+. The van der Waals surface area contributed by atoms with Gasteiger partial charge in [0.2, 0.25) is 5.52 Å². The lowest BCUT2D eigenvalue weighted by Crippen LogP contribution is -2.31. The van der Waals surface area contributed by atoms with Gasteiger partial charge in [0.1, 0.15) is 21.7 Å². The number of aryl methyl sites for hydroxylation is 2. The molecule has 5 aromatic rings. The van der Waals surface area contributed by atoms with Crippen molar-refractivity contribution >= 4 is 43.5 Å². The van der Waals surface area contributed by atoms with Crippen LogP contribution in [0.15, 0.2) is 46.5 Å². The van der Waals surface area contributed by atoms with E-state index in [9.17, 15) is 4.39 Å². The van der Waals surface area contributed by atoms with Gasteiger partial charge in [-0.1, -0.05) is 26.0 Å². The van der Waals surface area contributed by atoms with Crippen LogP contribution in [0.1, 0.15) is 30.9 Å². The van der Waals surface area contributed by atoms with E-state index in [1.807, 2.05) is 13.4 Å². The summed E-state index contributed by atoms with van der Waals surface area (Å²) < 4.78 is 23.1. The van der Waals surface area contributed by atoms with Gasteiger partial charge < -0.3 is 4.42 Å². The van der Waals surface area contributed by atoms with Gasteiger partial charge in [0.05, 0.1) is 12.6 Å². The van der Waals surface area contributed by atoms with Crippen LogP contribution in [-0.2, 0) is 7.05 Å². The molecule has 0 aliphatic rings. The number of benzene rings is 2. The molecule has 0 aliphatic carbocycles. The van der Waals surface area contributed by atoms with Gasteiger partial charge >= 0.3 is 0 Å². The average Bonchev–Trinajstić information content (AvgIpc) is 3.23. The van der Waals surface area contributed by atoms with E-state index in [4.69, 9.17) is 9.40 Å². The highest BCUT2D eigenvalue weighted by molar-refractivity contribution is 7.17. The first-order valence-corrected chi connectivity index (χ1v) is 10.2. The van der Waals surface area contributed by atoms with Gasteiger partial charge in [-0.3, -0.25) is 0 Å². The molecule has 28 heavy (non-hydrogen) atoms. The smallest absolute Gasteiger partial charge is 0.287 e. The molecule has 0 N–H and O–H groups in total.